The Hall–Kier alpha value is -0.220. The Labute approximate surface area is 77.2 Å². The first-order chi connectivity index (χ1) is 5.31. The van der Waals surface area contributed by atoms with Crippen LogP contribution in [0.15, 0.2) is 0 Å². The monoisotopic (exact) mass is 192 g/mol. The number of carbonyl (C=O) groups is 1. The lowest BCUT2D eigenvalue weighted by atomic mass is 10.2. The summed E-state index contributed by atoms with van der Waals surface area (Å²) in [7, 11) is 0. The maximum atomic E-state index is 10.3. The van der Waals surface area contributed by atoms with E-state index < -0.39 is 11.6 Å². The second-order valence-corrected chi connectivity index (χ2v) is 4.96. The van der Waals surface area contributed by atoms with Gasteiger partial charge in [-0.2, -0.15) is 11.8 Å². The van der Waals surface area contributed by atoms with Gasteiger partial charge in [-0.25, -0.2) is 0 Å². The second-order valence-electron chi connectivity index (χ2n) is 3.53. The normalized spacial score (nSPS) is 14.3. The van der Waals surface area contributed by atoms with Gasteiger partial charge in [0.1, 0.15) is 0 Å². The summed E-state index contributed by atoms with van der Waals surface area (Å²) in [6.07, 6.45) is 0.154. The highest BCUT2D eigenvalue weighted by molar-refractivity contribution is 7.99. The highest BCUT2D eigenvalue weighted by atomic mass is 32.2. The van der Waals surface area contributed by atoms with Gasteiger partial charge in [-0.1, -0.05) is 6.92 Å². The van der Waals surface area contributed by atoms with Gasteiger partial charge in [0.2, 0.25) is 0 Å². The molecule has 0 bridgehead atoms. The fraction of sp³-hybridized carbons (Fsp3) is 0.875. The summed E-state index contributed by atoms with van der Waals surface area (Å²) >= 11 is 1.48. The van der Waals surface area contributed by atoms with Crippen LogP contribution in [0.1, 0.15) is 27.2 Å². The third-order valence-corrected chi connectivity index (χ3v) is 2.79. The minimum absolute atomic E-state index is 0.0638. The van der Waals surface area contributed by atoms with Crippen LogP contribution >= 0.6 is 11.8 Å². The van der Waals surface area contributed by atoms with E-state index in [2.05, 4.69) is 0 Å². The minimum Gasteiger partial charge on any atom is -0.481 e. The van der Waals surface area contributed by atoms with Crippen LogP contribution in [-0.2, 0) is 4.79 Å². The molecule has 0 heterocycles. The second kappa shape index (κ2) is 4.72. The van der Waals surface area contributed by atoms with E-state index in [9.17, 15) is 9.90 Å². The molecule has 0 aromatic carbocycles. The maximum Gasteiger partial charge on any atom is 0.304 e. The number of aliphatic carboxylic acids is 1. The summed E-state index contributed by atoms with van der Waals surface area (Å²) in [6, 6.07) is 0. The minimum atomic E-state index is -0.786. The topological polar surface area (TPSA) is 57.5 Å². The van der Waals surface area contributed by atoms with E-state index in [1.807, 2.05) is 6.92 Å². The van der Waals surface area contributed by atoms with Crippen molar-refractivity contribution in [3.8, 4) is 0 Å². The third kappa shape index (κ3) is 7.88. The summed E-state index contributed by atoms with van der Waals surface area (Å²) in [5.41, 5.74) is -0.711. The summed E-state index contributed by atoms with van der Waals surface area (Å²) in [5.74, 6) is -0.215. The molecule has 0 radical (unpaired) electrons. The van der Waals surface area contributed by atoms with Gasteiger partial charge in [-0.15, -0.1) is 0 Å². The Kier molecular flexibility index (Phi) is 4.63. The van der Waals surface area contributed by atoms with Crippen molar-refractivity contribution >= 4 is 17.7 Å². The zero-order chi connectivity index (χ0) is 9.78. The largest absolute Gasteiger partial charge is 0.481 e. The zero-order valence-corrected chi connectivity index (χ0v) is 8.52. The van der Waals surface area contributed by atoms with Gasteiger partial charge in [0, 0.05) is 11.0 Å². The Balaban J connectivity index is 3.57. The van der Waals surface area contributed by atoms with Crippen LogP contribution in [-0.4, -0.2) is 32.8 Å². The third-order valence-electron chi connectivity index (χ3n) is 1.18. The fourth-order valence-corrected chi connectivity index (χ4v) is 1.60. The van der Waals surface area contributed by atoms with Crippen LogP contribution < -0.4 is 0 Å². The van der Waals surface area contributed by atoms with E-state index in [0.717, 1.165) is 0 Å². The molecule has 0 amide bonds. The van der Waals surface area contributed by atoms with E-state index in [1.165, 1.54) is 11.8 Å². The van der Waals surface area contributed by atoms with Crippen molar-refractivity contribution in [1.29, 1.82) is 0 Å². The molecule has 0 rings (SSSR count). The highest BCUT2D eigenvalue weighted by Gasteiger charge is 2.16. The first kappa shape index (κ1) is 11.8. The summed E-state index contributed by atoms with van der Waals surface area (Å²) < 4.78 is 0. The number of rotatable bonds is 5. The number of hydrogen-bond donors (Lipinski definition) is 2. The smallest absolute Gasteiger partial charge is 0.304 e. The van der Waals surface area contributed by atoms with E-state index in [4.69, 9.17) is 5.11 Å². The quantitative estimate of drug-likeness (QED) is 0.690. The molecule has 0 spiro atoms. The van der Waals surface area contributed by atoms with Crippen LogP contribution in [0.5, 0.6) is 0 Å². The molecule has 0 saturated carbocycles. The van der Waals surface area contributed by atoms with Crippen molar-refractivity contribution in [2.75, 3.05) is 5.75 Å². The lowest BCUT2D eigenvalue weighted by molar-refractivity contribution is -0.136. The Morgan fingerprint density at radius 2 is 2.08 bits per heavy atom. The fourth-order valence-electron chi connectivity index (χ4n) is 0.651. The van der Waals surface area contributed by atoms with E-state index >= 15 is 0 Å². The molecule has 0 aliphatic carbocycles. The van der Waals surface area contributed by atoms with Crippen molar-refractivity contribution in [2.45, 2.75) is 38.0 Å². The Morgan fingerprint density at radius 1 is 1.58 bits per heavy atom. The average Bonchev–Trinajstić information content (AvgIpc) is 1.80. The molecule has 0 aliphatic heterocycles. The average molecular weight is 192 g/mol. The summed E-state index contributed by atoms with van der Waals surface area (Å²) in [4.78, 5) is 10.3. The van der Waals surface area contributed by atoms with Gasteiger partial charge in [-0.05, 0) is 13.8 Å². The molecule has 72 valence electrons. The van der Waals surface area contributed by atoms with Crippen LogP contribution in [0.2, 0.25) is 0 Å². The summed E-state index contributed by atoms with van der Waals surface area (Å²) in [6.45, 7) is 5.28. The van der Waals surface area contributed by atoms with Gasteiger partial charge < -0.3 is 10.2 Å². The molecule has 0 saturated heterocycles. The predicted octanol–water partition coefficient (Wildman–Crippen LogP) is 1.35. The van der Waals surface area contributed by atoms with Crippen LogP contribution in [0, 0.1) is 0 Å². The molecule has 0 aliphatic rings. The van der Waals surface area contributed by atoms with Gasteiger partial charge in [0.25, 0.3) is 0 Å². The van der Waals surface area contributed by atoms with Gasteiger partial charge in [0.05, 0.1) is 12.0 Å². The number of thioether (sulfide) groups is 1. The van der Waals surface area contributed by atoms with Crippen molar-refractivity contribution < 1.29 is 15.0 Å². The molecule has 0 aromatic rings. The molecular weight excluding hydrogens is 176 g/mol. The van der Waals surface area contributed by atoms with Gasteiger partial charge in [0.15, 0.2) is 0 Å². The van der Waals surface area contributed by atoms with Crippen molar-refractivity contribution in [3.05, 3.63) is 0 Å². The van der Waals surface area contributed by atoms with Crippen LogP contribution in [0.4, 0.5) is 0 Å². The standard InChI is InChI=1S/C8H16O3S/c1-6(4-7(9)10)12-5-8(2,3)11/h6,11H,4-5H2,1-3H3,(H,9,10). The lowest BCUT2D eigenvalue weighted by Gasteiger charge is -2.18. The Morgan fingerprint density at radius 3 is 2.42 bits per heavy atom. The van der Waals surface area contributed by atoms with Crippen LogP contribution in [0.25, 0.3) is 0 Å². The predicted molar refractivity (Wildman–Crippen MR) is 50.5 cm³/mol. The first-order valence-corrected chi connectivity index (χ1v) is 4.92. The lowest BCUT2D eigenvalue weighted by Crippen LogP contribution is -2.23. The zero-order valence-electron chi connectivity index (χ0n) is 7.70. The molecule has 1 unspecified atom stereocenters. The molecular formula is C8H16O3S. The van der Waals surface area contributed by atoms with Crippen molar-refractivity contribution in [3.63, 3.8) is 0 Å². The Bertz CT molecular complexity index is 151. The maximum absolute atomic E-state index is 10.3. The molecule has 1 atom stereocenters. The van der Waals surface area contributed by atoms with Crippen molar-refractivity contribution in [2.24, 2.45) is 0 Å². The van der Waals surface area contributed by atoms with E-state index in [-0.39, 0.29) is 11.7 Å². The van der Waals surface area contributed by atoms with Gasteiger partial charge in [-0.3, -0.25) is 4.79 Å². The molecule has 3 nitrogen and oxygen atoms in total. The SMILES string of the molecule is CC(CC(=O)O)SCC(C)(C)O. The van der Waals surface area contributed by atoms with Crippen molar-refractivity contribution in [1.82, 2.24) is 0 Å². The van der Waals surface area contributed by atoms with E-state index in [0.29, 0.717) is 5.75 Å². The molecule has 4 heteroatoms. The highest BCUT2D eigenvalue weighted by Crippen LogP contribution is 2.19. The van der Waals surface area contributed by atoms with Gasteiger partial charge >= 0.3 is 5.97 Å². The molecule has 2 N–H and O–H groups in total. The molecule has 0 fully saturated rings. The molecule has 12 heavy (non-hydrogen) atoms. The number of hydrogen-bond acceptors (Lipinski definition) is 3. The number of carboxylic acids is 1. The van der Waals surface area contributed by atoms with Crippen LogP contribution in [0.3, 0.4) is 0 Å². The van der Waals surface area contributed by atoms with E-state index in [1.54, 1.807) is 13.8 Å². The molecule has 0 aromatic heterocycles. The number of aliphatic hydroxyl groups is 1. The number of carboxylic acid groups (broad SMARTS) is 1. The first-order valence-electron chi connectivity index (χ1n) is 3.87. The summed E-state index contributed by atoms with van der Waals surface area (Å²) in [5, 5.41) is 17.8.